The third kappa shape index (κ3) is 32.1. The summed E-state index contributed by atoms with van der Waals surface area (Å²) < 4.78 is 66.5. The molecule has 0 saturated heterocycles. The van der Waals surface area contributed by atoms with Gasteiger partial charge in [-0.05, 0) is 246 Å². The number of hydrogen-bond donors (Lipinski definition) is 3. The standard InChI is InChI=1S/C21H24N4O2.C17H13ClF3NO2.C17H16N4O2.C16H14N4O2.C15H15NO2.C4H11NO.Li.N3.Na.H2O/c1-14-5-7-17(8-6-14)18-10-19(21(26)9-15(2)13-27-4)12-20(11-18)25-16(3)22-23-24-25;1-10-3-5-11(6-4-10)12-7-13(15(23)24-2)9-14(8-12)22-16(18)17(19,20)21;1-11-4-6-13(7-5-11)14-8-15(17(22)23-3)10-16(9-14)21-12(2)18-19-20-21;1-10-3-5-12(6-4-10)13-7-14(16(21)22)9-15(8-13)20-11(2)17-18-19-20;1-10-3-5-11(6-4-10)12-7-13(15(17)18-2)9-14(16)8-12;1-4(5)3-6-2;;1-3-2;;/h5-8,10-12,15H,9,13H2,1-4H3;3-9H,1-2H3;4-10H,1-3H3;3-9H,1-2H3,(H,21,22);3-9H,16H2,1-2H3;4H,3,5H2,1-2H3;;;;1H2/q;;;;;;+1;-1;+1;/p-1. The Bertz CT molecular complexity index is 5820. The van der Waals surface area contributed by atoms with Crippen LogP contribution >= 0.6 is 11.6 Å². The molecule has 13 aromatic rings. The van der Waals surface area contributed by atoms with E-state index in [0.29, 0.717) is 76.4 Å². The Labute approximate surface area is 766 Å². The van der Waals surface area contributed by atoms with E-state index < -0.39 is 29.3 Å². The topological polar surface area (TPSA) is 436 Å². The van der Waals surface area contributed by atoms with Crippen molar-refractivity contribution < 1.29 is 120 Å². The average Bonchev–Trinajstić information content (AvgIpc) is 1.85. The second-order valence-electron chi connectivity index (χ2n) is 28.1. The summed E-state index contributed by atoms with van der Waals surface area (Å²) >= 11 is 5.19. The number of alkyl halides is 3. The molecular formula is C90H94ClF3LiN18NaO12. The Hall–Kier alpha value is -12.7. The summed E-state index contributed by atoms with van der Waals surface area (Å²) in [5.74, 6) is -0.295. The minimum atomic E-state index is -4.76. The van der Waals surface area contributed by atoms with Gasteiger partial charge in [-0.3, -0.25) is 9.71 Å². The maximum absolute atomic E-state index is 12.9. The second kappa shape index (κ2) is 51.5. The van der Waals surface area contributed by atoms with E-state index in [0.717, 1.165) is 66.9 Å². The Morgan fingerprint density at radius 1 is 0.452 bits per heavy atom. The Morgan fingerprint density at radius 2 is 0.738 bits per heavy atom. The molecule has 0 aliphatic heterocycles. The summed E-state index contributed by atoms with van der Waals surface area (Å²) in [5.41, 5.74) is 43.6. The molecule has 2 atom stereocenters. The molecule has 6 N–H and O–H groups in total. The number of aromatic nitrogens is 12. The number of hydrogen-bond acceptors (Lipinski definition) is 23. The number of tetrazole rings is 3. The van der Waals surface area contributed by atoms with Gasteiger partial charge in [-0.1, -0.05) is 168 Å². The minimum Gasteiger partial charge on any atom is -0.870 e. The van der Waals surface area contributed by atoms with Crippen molar-refractivity contribution in [2.24, 2.45) is 16.6 Å². The number of halogens is 4. The summed E-state index contributed by atoms with van der Waals surface area (Å²) in [4.78, 5) is 64.4. The normalized spacial score (nSPS) is 10.9. The first kappa shape index (κ1) is 106. The fourth-order valence-electron chi connectivity index (χ4n) is 11.7. The molecule has 30 nitrogen and oxygen atoms in total. The molecular weight excluding hydrogens is 1650 g/mol. The maximum Gasteiger partial charge on any atom is 1.00 e. The monoisotopic (exact) mass is 1740 g/mol. The van der Waals surface area contributed by atoms with Crippen LogP contribution in [0.1, 0.15) is 117 Å². The van der Waals surface area contributed by atoms with Crippen molar-refractivity contribution in [3.05, 3.63) is 301 Å². The molecule has 0 amide bonds. The van der Waals surface area contributed by atoms with E-state index in [9.17, 15) is 42.3 Å². The van der Waals surface area contributed by atoms with Gasteiger partial charge in [0.2, 0.25) is 5.17 Å². The fraction of sp³-hybridized carbons (Fsp3) is 0.233. The van der Waals surface area contributed by atoms with Gasteiger partial charge in [0.15, 0.2) is 23.3 Å². The number of nitrogen functional groups attached to an aromatic ring is 1. The fourth-order valence-corrected chi connectivity index (χ4v) is 11.8. The van der Waals surface area contributed by atoms with Crippen molar-refractivity contribution >= 4 is 57.8 Å². The largest absolute Gasteiger partial charge is 1.00 e. The zero-order valence-corrected chi connectivity index (χ0v) is 75.5. The van der Waals surface area contributed by atoms with E-state index in [4.69, 9.17) is 48.3 Å². The third-order valence-electron chi connectivity index (χ3n) is 17.9. The smallest absolute Gasteiger partial charge is 0.870 e. The maximum atomic E-state index is 12.9. The molecule has 0 saturated carbocycles. The first-order valence-corrected chi connectivity index (χ1v) is 38.1. The van der Waals surface area contributed by atoms with Gasteiger partial charge in [0.1, 0.15) is 0 Å². The quantitative estimate of drug-likeness (QED) is 0.00734. The van der Waals surface area contributed by atoms with E-state index in [-0.39, 0.29) is 94.4 Å². The summed E-state index contributed by atoms with van der Waals surface area (Å²) in [6, 6.07) is 65.5. The number of carbonyl (C=O) groups excluding carboxylic acids is 4. The second-order valence-corrected chi connectivity index (χ2v) is 28.4. The van der Waals surface area contributed by atoms with E-state index in [1.165, 1.54) is 65.8 Å². The number of nitrogens with zero attached hydrogens (tertiary/aromatic N) is 16. The molecule has 126 heavy (non-hydrogen) atoms. The average molecular weight is 1740 g/mol. The number of benzene rings is 10. The molecule has 2 unspecified atom stereocenters. The van der Waals surface area contributed by atoms with Crippen LogP contribution in [-0.2, 0) is 23.7 Å². The van der Waals surface area contributed by atoms with Crippen molar-refractivity contribution in [3.8, 4) is 72.7 Å². The Morgan fingerprint density at radius 3 is 1.02 bits per heavy atom. The summed E-state index contributed by atoms with van der Waals surface area (Å²) in [5, 5.41) is 42.4. The van der Waals surface area contributed by atoms with Crippen LogP contribution in [0.5, 0.6) is 0 Å². The third-order valence-corrected chi connectivity index (χ3v) is 18.2. The van der Waals surface area contributed by atoms with Crippen LogP contribution in [0, 0.1) is 61.3 Å². The van der Waals surface area contributed by atoms with Crippen molar-refractivity contribution in [2.75, 3.05) is 54.5 Å². The van der Waals surface area contributed by atoms with Gasteiger partial charge >= 0.3 is 78.5 Å². The summed E-state index contributed by atoms with van der Waals surface area (Å²) in [6.45, 7) is 20.6. The number of ketones is 1. The van der Waals surface area contributed by atoms with Crippen LogP contribution in [0.25, 0.3) is 88.7 Å². The van der Waals surface area contributed by atoms with Gasteiger partial charge in [-0.2, -0.15) is 27.2 Å². The van der Waals surface area contributed by atoms with Crippen LogP contribution in [0.4, 0.5) is 24.5 Å². The first-order valence-electron chi connectivity index (χ1n) is 37.8. The van der Waals surface area contributed by atoms with Crippen LogP contribution in [0.15, 0.2) is 217 Å². The molecule has 0 radical (unpaired) electrons. The zero-order valence-electron chi connectivity index (χ0n) is 72.8. The van der Waals surface area contributed by atoms with Crippen molar-refractivity contribution in [2.45, 2.75) is 87.9 Å². The number of aromatic carboxylic acids is 1. The molecule has 0 bridgehead atoms. The van der Waals surface area contributed by atoms with Crippen molar-refractivity contribution in [1.82, 2.24) is 60.6 Å². The molecule has 0 aliphatic carbocycles. The zero-order chi connectivity index (χ0) is 90.2. The number of rotatable bonds is 20. The number of esters is 3. The minimum absolute atomic E-state index is 0. The van der Waals surface area contributed by atoms with Crippen LogP contribution in [0.2, 0.25) is 0 Å². The van der Waals surface area contributed by atoms with Gasteiger partial charge < -0.3 is 56.8 Å². The van der Waals surface area contributed by atoms with E-state index >= 15 is 0 Å². The Kier molecular flexibility index (Phi) is 43.2. The number of aryl methyl sites for hydroxylation is 8. The molecule has 10 aromatic carbocycles. The molecule has 646 valence electrons. The van der Waals surface area contributed by atoms with E-state index in [2.05, 4.69) is 92.2 Å². The van der Waals surface area contributed by atoms with E-state index in [1.54, 1.807) is 86.0 Å². The molecule has 13 rings (SSSR count). The van der Waals surface area contributed by atoms with Crippen molar-refractivity contribution in [1.29, 1.82) is 0 Å². The molecule has 3 heterocycles. The number of Topliss-reactive ketones (excluding diaryl/α,β-unsaturated/α-hetero) is 1. The van der Waals surface area contributed by atoms with Crippen LogP contribution in [-0.4, -0.2) is 167 Å². The number of nitrogens with two attached hydrogens (primary N) is 2. The first-order chi connectivity index (χ1) is 58.6. The molecule has 36 heteroatoms. The van der Waals surface area contributed by atoms with E-state index in [1.807, 2.05) is 170 Å². The number of anilines is 1. The predicted octanol–water partition coefficient (Wildman–Crippen LogP) is 12.2. The molecule has 0 fully saturated rings. The van der Waals surface area contributed by atoms with Gasteiger partial charge in [0, 0.05) is 44.5 Å². The van der Waals surface area contributed by atoms with Crippen LogP contribution in [0.3, 0.4) is 0 Å². The van der Waals surface area contributed by atoms with Gasteiger partial charge in [0.05, 0.1) is 72.9 Å². The number of methoxy groups -OCH3 is 5. The molecule has 0 aliphatic rings. The summed E-state index contributed by atoms with van der Waals surface area (Å²) in [6.07, 6.45) is -4.33. The SMILES string of the molecule is COC(=O)c1cc(-c2ccc(C)cc2)cc(-n2nnnc2C)c1.COC(=O)c1cc(N)cc(-c2ccc(C)cc2)c1.COC(=O)c1cc(N=C(Cl)C(F)(F)F)cc(-c2ccc(C)cc2)c1.COCC(C)CC(=O)c1cc(-c2ccc(C)cc2)cc(-n2nnnc2C)c1.COCC(C)N.Cc1ccc(-c2cc(C(=O)O)cc(-n3nnnc3C)c2)cc1.[Li+].[N-]=[N+]=[N-].[Na+].[OH-]. The predicted molar refractivity (Wildman–Crippen MR) is 467 cm³/mol. The van der Waals surface area contributed by atoms with Crippen molar-refractivity contribution in [3.63, 3.8) is 0 Å². The van der Waals surface area contributed by atoms with Gasteiger partial charge in [-0.15, -0.1) is 15.3 Å². The number of carboxylic acid groups (broad SMARTS) is 1. The number of carbonyl (C=O) groups is 5. The number of aliphatic imine (C=N–C) groups is 1. The molecule has 0 spiro atoms. The van der Waals surface area contributed by atoms with Gasteiger partial charge in [-0.25, -0.2) is 24.2 Å². The van der Waals surface area contributed by atoms with Gasteiger partial charge in [0.25, 0.3) is 0 Å². The summed E-state index contributed by atoms with van der Waals surface area (Å²) in [7, 11) is 7.20. The molecule has 3 aromatic heterocycles. The number of ether oxygens (including phenoxy) is 5. The Balaban J connectivity index is 0.000000321. The number of carboxylic acids is 1. The van der Waals surface area contributed by atoms with Crippen LogP contribution < -0.4 is 59.9 Å².